The highest BCUT2D eigenvalue weighted by Gasteiger charge is 2.09. The quantitative estimate of drug-likeness (QED) is 0.592. The maximum absolute atomic E-state index is 11.1. The molecule has 0 unspecified atom stereocenters. The van der Waals surface area contributed by atoms with E-state index in [0.717, 1.165) is 11.3 Å². The summed E-state index contributed by atoms with van der Waals surface area (Å²) in [7, 11) is 1.35. The Hall–Kier alpha value is -1.38. The van der Waals surface area contributed by atoms with Crippen LogP contribution in [0.4, 0.5) is 0 Å². The predicted molar refractivity (Wildman–Crippen MR) is 45.1 cm³/mol. The number of nitrogens with zero attached hydrogens (tertiary/aromatic N) is 1. The van der Waals surface area contributed by atoms with E-state index in [2.05, 4.69) is 9.72 Å². The summed E-state index contributed by atoms with van der Waals surface area (Å²) < 4.78 is 4.57. The summed E-state index contributed by atoms with van der Waals surface area (Å²) in [6.07, 6.45) is 0. The van der Waals surface area contributed by atoms with E-state index in [1.165, 1.54) is 7.11 Å². The van der Waals surface area contributed by atoms with Crippen LogP contribution < -0.4 is 0 Å². The molecule has 0 fully saturated rings. The highest BCUT2D eigenvalue weighted by molar-refractivity contribution is 5.88. The van der Waals surface area contributed by atoms with Gasteiger partial charge in [-0.3, -0.25) is 0 Å². The predicted octanol–water partition coefficient (Wildman–Crippen LogP) is 1.49. The Morgan fingerprint density at radius 2 is 2.08 bits per heavy atom. The Morgan fingerprint density at radius 3 is 2.67 bits per heavy atom. The summed E-state index contributed by atoms with van der Waals surface area (Å²) in [4.78, 5) is 15.2. The first-order valence-corrected chi connectivity index (χ1v) is 3.67. The number of aromatic nitrogens is 1. The van der Waals surface area contributed by atoms with Crippen LogP contribution >= 0.6 is 0 Å². The number of pyridine rings is 1. The average Bonchev–Trinajstić information content (AvgIpc) is 2.08. The zero-order valence-electron chi connectivity index (χ0n) is 7.42. The second-order valence-corrected chi connectivity index (χ2v) is 2.61. The summed E-state index contributed by atoms with van der Waals surface area (Å²) in [5, 5.41) is 0. The molecule has 0 bridgehead atoms. The van der Waals surface area contributed by atoms with Crippen molar-refractivity contribution in [3.05, 3.63) is 29.1 Å². The Balaban J connectivity index is 3.13. The molecule has 1 rings (SSSR count). The first-order valence-electron chi connectivity index (χ1n) is 3.67. The lowest BCUT2D eigenvalue weighted by Gasteiger charge is -2.02. The number of ether oxygens (including phenoxy) is 1. The van der Waals surface area contributed by atoms with Crippen molar-refractivity contribution in [3.63, 3.8) is 0 Å². The Morgan fingerprint density at radius 1 is 1.42 bits per heavy atom. The third kappa shape index (κ3) is 1.61. The lowest BCUT2D eigenvalue weighted by atomic mass is 10.2. The molecule has 0 saturated carbocycles. The van der Waals surface area contributed by atoms with Gasteiger partial charge in [-0.15, -0.1) is 0 Å². The van der Waals surface area contributed by atoms with Gasteiger partial charge in [-0.05, 0) is 25.5 Å². The molecule has 0 N–H and O–H groups in total. The first kappa shape index (κ1) is 8.71. The largest absolute Gasteiger partial charge is 0.464 e. The molecule has 1 aromatic rings. The minimum absolute atomic E-state index is 0.379. The summed E-state index contributed by atoms with van der Waals surface area (Å²) >= 11 is 0. The zero-order valence-corrected chi connectivity index (χ0v) is 7.42. The molecule has 12 heavy (non-hydrogen) atoms. The Bertz CT molecular complexity index is 307. The summed E-state index contributed by atoms with van der Waals surface area (Å²) in [6.45, 7) is 3.67. The number of hydrogen-bond donors (Lipinski definition) is 0. The van der Waals surface area contributed by atoms with Crippen LogP contribution in [0.25, 0.3) is 0 Å². The topological polar surface area (TPSA) is 39.2 Å². The monoisotopic (exact) mass is 165 g/mol. The van der Waals surface area contributed by atoms with E-state index in [1.54, 1.807) is 0 Å². The fourth-order valence-electron chi connectivity index (χ4n) is 0.930. The number of carbonyl (C=O) groups excluding carboxylic acids is 1. The van der Waals surface area contributed by atoms with Gasteiger partial charge in [0, 0.05) is 5.69 Å². The number of esters is 1. The van der Waals surface area contributed by atoms with Gasteiger partial charge in [0.15, 0.2) is 5.69 Å². The molecule has 0 spiro atoms. The van der Waals surface area contributed by atoms with Crippen LogP contribution in [0.5, 0.6) is 0 Å². The Kier molecular flexibility index (Phi) is 2.43. The van der Waals surface area contributed by atoms with Gasteiger partial charge < -0.3 is 4.74 Å². The number of hydrogen-bond acceptors (Lipinski definition) is 3. The van der Waals surface area contributed by atoms with E-state index in [1.807, 2.05) is 26.0 Å². The standard InChI is InChI=1S/C9H11NO2/c1-6-4-5-7(2)10-8(6)9(11)12-3/h4-5H,1-3H3. The van der Waals surface area contributed by atoms with E-state index < -0.39 is 0 Å². The van der Waals surface area contributed by atoms with Gasteiger partial charge in [0.1, 0.15) is 0 Å². The summed E-state index contributed by atoms with van der Waals surface area (Å²) in [6, 6.07) is 3.72. The van der Waals surface area contributed by atoms with Crippen molar-refractivity contribution in [2.75, 3.05) is 7.11 Å². The molecule has 3 nitrogen and oxygen atoms in total. The number of aryl methyl sites for hydroxylation is 2. The van der Waals surface area contributed by atoms with Crippen LogP contribution in [0.1, 0.15) is 21.7 Å². The smallest absolute Gasteiger partial charge is 0.356 e. The zero-order chi connectivity index (χ0) is 9.14. The van der Waals surface area contributed by atoms with Crippen LogP contribution in [0.3, 0.4) is 0 Å². The molecule has 3 heteroatoms. The number of rotatable bonds is 1. The average molecular weight is 165 g/mol. The molecular weight excluding hydrogens is 154 g/mol. The molecule has 1 heterocycles. The molecule has 1 aromatic heterocycles. The minimum Gasteiger partial charge on any atom is -0.464 e. The number of methoxy groups -OCH3 is 1. The van der Waals surface area contributed by atoms with Crippen LogP contribution in [0.15, 0.2) is 12.1 Å². The molecule has 0 radical (unpaired) electrons. The lowest BCUT2D eigenvalue weighted by Crippen LogP contribution is -2.07. The van der Waals surface area contributed by atoms with Crippen LogP contribution in [-0.4, -0.2) is 18.1 Å². The van der Waals surface area contributed by atoms with Crippen molar-refractivity contribution in [2.24, 2.45) is 0 Å². The molecule has 0 aliphatic rings. The molecular formula is C9H11NO2. The van der Waals surface area contributed by atoms with E-state index in [0.29, 0.717) is 5.69 Å². The van der Waals surface area contributed by atoms with Crippen LogP contribution in [0, 0.1) is 13.8 Å². The van der Waals surface area contributed by atoms with Crippen LogP contribution in [0.2, 0.25) is 0 Å². The normalized spacial score (nSPS) is 9.58. The highest BCUT2D eigenvalue weighted by atomic mass is 16.5. The van der Waals surface area contributed by atoms with Gasteiger partial charge in [0.05, 0.1) is 7.11 Å². The van der Waals surface area contributed by atoms with E-state index in [4.69, 9.17) is 0 Å². The van der Waals surface area contributed by atoms with E-state index in [9.17, 15) is 4.79 Å². The van der Waals surface area contributed by atoms with Crippen molar-refractivity contribution >= 4 is 5.97 Å². The molecule has 64 valence electrons. The minimum atomic E-state index is -0.379. The highest BCUT2D eigenvalue weighted by Crippen LogP contribution is 2.06. The molecule has 0 atom stereocenters. The maximum atomic E-state index is 11.1. The van der Waals surface area contributed by atoms with Gasteiger partial charge in [0.25, 0.3) is 0 Å². The number of carbonyl (C=O) groups is 1. The van der Waals surface area contributed by atoms with Gasteiger partial charge in [-0.2, -0.15) is 0 Å². The lowest BCUT2D eigenvalue weighted by molar-refractivity contribution is 0.0593. The van der Waals surface area contributed by atoms with Crippen molar-refractivity contribution in [2.45, 2.75) is 13.8 Å². The van der Waals surface area contributed by atoms with Gasteiger partial charge in [-0.1, -0.05) is 6.07 Å². The third-order valence-corrected chi connectivity index (χ3v) is 1.61. The molecule has 0 aliphatic carbocycles. The SMILES string of the molecule is COC(=O)c1nc(C)ccc1C. The van der Waals surface area contributed by atoms with Crippen molar-refractivity contribution < 1.29 is 9.53 Å². The summed E-state index contributed by atoms with van der Waals surface area (Å²) in [5.41, 5.74) is 2.06. The van der Waals surface area contributed by atoms with E-state index in [-0.39, 0.29) is 5.97 Å². The maximum Gasteiger partial charge on any atom is 0.356 e. The molecule has 0 saturated heterocycles. The molecule has 0 aliphatic heterocycles. The van der Waals surface area contributed by atoms with Gasteiger partial charge >= 0.3 is 5.97 Å². The van der Waals surface area contributed by atoms with Crippen LogP contribution in [-0.2, 0) is 4.74 Å². The fourth-order valence-corrected chi connectivity index (χ4v) is 0.930. The third-order valence-electron chi connectivity index (χ3n) is 1.61. The van der Waals surface area contributed by atoms with Crippen molar-refractivity contribution in [3.8, 4) is 0 Å². The fraction of sp³-hybridized carbons (Fsp3) is 0.333. The second-order valence-electron chi connectivity index (χ2n) is 2.61. The Labute approximate surface area is 71.4 Å². The van der Waals surface area contributed by atoms with Crippen molar-refractivity contribution in [1.82, 2.24) is 4.98 Å². The van der Waals surface area contributed by atoms with Gasteiger partial charge in [0.2, 0.25) is 0 Å². The van der Waals surface area contributed by atoms with Gasteiger partial charge in [-0.25, -0.2) is 9.78 Å². The molecule has 0 amide bonds. The van der Waals surface area contributed by atoms with Crippen molar-refractivity contribution in [1.29, 1.82) is 0 Å². The molecule has 0 aromatic carbocycles. The van der Waals surface area contributed by atoms with E-state index >= 15 is 0 Å². The second kappa shape index (κ2) is 3.34. The summed E-state index contributed by atoms with van der Waals surface area (Å²) in [5.74, 6) is -0.379. The first-order chi connectivity index (χ1) is 5.65.